The normalized spacial score (nSPS) is 10.4. The molecule has 0 aliphatic heterocycles. The van der Waals surface area contributed by atoms with Gasteiger partial charge in [-0.1, -0.05) is 30.3 Å². The maximum absolute atomic E-state index is 12.2. The Labute approximate surface area is 128 Å². The van der Waals surface area contributed by atoms with Gasteiger partial charge in [0.15, 0.2) is 0 Å². The van der Waals surface area contributed by atoms with Crippen LogP contribution in [-0.2, 0) is 6.54 Å². The molecule has 22 heavy (non-hydrogen) atoms. The van der Waals surface area contributed by atoms with Crippen molar-refractivity contribution in [2.45, 2.75) is 13.5 Å². The van der Waals surface area contributed by atoms with Gasteiger partial charge in [-0.05, 0) is 30.2 Å². The van der Waals surface area contributed by atoms with Gasteiger partial charge in [-0.2, -0.15) is 5.10 Å². The fourth-order valence-corrected chi connectivity index (χ4v) is 2.13. The summed E-state index contributed by atoms with van der Waals surface area (Å²) in [5.41, 5.74) is 2.70. The zero-order valence-electron chi connectivity index (χ0n) is 12.2. The molecule has 3 rings (SSSR count). The summed E-state index contributed by atoms with van der Waals surface area (Å²) in [6.07, 6.45) is 4.97. The molecule has 0 radical (unpaired) electrons. The average Bonchev–Trinajstić information content (AvgIpc) is 2.97. The smallest absolute Gasteiger partial charge is 0.260 e. The van der Waals surface area contributed by atoms with Gasteiger partial charge in [-0.3, -0.25) is 9.48 Å². The van der Waals surface area contributed by atoms with Gasteiger partial charge in [0, 0.05) is 12.4 Å². The molecule has 5 heteroatoms. The van der Waals surface area contributed by atoms with Gasteiger partial charge in [-0.15, -0.1) is 0 Å². The molecule has 1 aromatic carbocycles. The highest BCUT2D eigenvalue weighted by molar-refractivity contribution is 6.03. The van der Waals surface area contributed by atoms with Crippen LogP contribution in [0.3, 0.4) is 0 Å². The average molecular weight is 292 g/mol. The minimum absolute atomic E-state index is 0.211. The first kappa shape index (κ1) is 14.0. The number of carbonyl (C=O) groups excluding carboxylic acids is 1. The van der Waals surface area contributed by atoms with Crippen LogP contribution in [0.15, 0.2) is 61.1 Å². The number of hydrogen-bond acceptors (Lipinski definition) is 3. The van der Waals surface area contributed by atoms with Crippen LogP contribution in [0.2, 0.25) is 0 Å². The number of rotatable bonds is 4. The topological polar surface area (TPSA) is 59.8 Å². The van der Waals surface area contributed by atoms with Gasteiger partial charge in [0.1, 0.15) is 5.82 Å². The van der Waals surface area contributed by atoms with E-state index in [1.807, 2.05) is 49.4 Å². The summed E-state index contributed by atoms with van der Waals surface area (Å²) in [5.74, 6) is 0.332. The number of aromatic nitrogens is 3. The summed E-state index contributed by atoms with van der Waals surface area (Å²) >= 11 is 0. The van der Waals surface area contributed by atoms with Crippen molar-refractivity contribution < 1.29 is 4.79 Å². The Kier molecular flexibility index (Phi) is 3.96. The minimum Gasteiger partial charge on any atom is -0.306 e. The van der Waals surface area contributed by atoms with Gasteiger partial charge in [-0.25, -0.2) is 4.98 Å². The molecule has 0 fully saturated rings. The third-order valence-corrected chi connectivity index (χ3v) is 3.24. The Morgan fingerprint density at radius 2 is 2.05 bits per heavy atom. The molecule has 0 bridgehead atoms. The number of amides is 1. The first-order valence-electron chi connectivity index (χ1n) is 7.01. The van der Waals surface area contributed by atoms with Crippen LogP contribution in [0, 0.1) is 6.92 Å². The summed E-state index contributed by atoms with van der Waals surface area (Å²) in [7, 11) is 0. The van der Waals surface area contributed by atoms with Crippen LogP contribution in [0.25, 0.3) is 0 Å². The van der Waals surface area contributed by atoms with E-state index >= 15 is 0 Å². The van der Waals surface area contributed by atoms with Crippen LogP contribution in [0.4, 0.5) is 5.82 Å². The van der Waals surface area contributed by atoms with E-state index in [4.69, 9.17) is 0 Å². The van der Waals surface area contributed by atoms with Crippen molar-refractivity contribution in [1.29, 1.82) is 0 Å². The Morgan fingerprint density at radius 3 is 2.82 bits per heavy atom. The molecule has 1 amide bonds. The van der Waals surface area contributed by atoms with E-state index < -0.39 is 0 Å². The molecule has 0 saturated carbocycles. The van der Waals surface area contributed by atoms with E-state index in [9.17, 15) is 4.79 Å². The van der Waals surface area contributed by atoms with E-state index in [0.717, 1.165) is 11.1 Å². The van der Waals surface area contributed by atoms with Crippen LogP contribution in [0.5, 0.6) is 0 Å². The highest BCUT2D eigenvalue weighted by Gasteiger charge is 2.10. The van der Waals surface area contributed by atoms with Crippen molar-refractivity contribution in [3.63, 3.8) is 0 Å². The lowest BCUT2D eigenvalue weighted by molar-refractivity contribution is 0.102. The molecule has 5 nitrogen and oxygen atoms in total. The second-order valence-corrected chi connectivity index (χ2v) is 5.08. The fraction of sp³-hybridized carbons (Fsp3) is 0.118. The molecule has 0 atom stereocenters. The predicted octanol–water partition coefficient (Wildman–Crippen LogP) is 2.89. The van der Waals surface area contributed by atoms with Crippen molar-refractivity contribution in [3.8, 4) is 0 Å². The summed E-state index contributed by atoms with van der Waals surface area (Å²) in [6, 6.07) is 13.7. The fourth-order valence-electron chi connectivity index (χ4n) is 2.13. The Balaban J connectivity index is 1.69. The van der Waals surface area contributed by atoms with Gasteiger partial charge < -0.3 is 5.32 Å². The number of nitrogens with zero attached hydrogens (tertiary/aromatic N) is 3. The predicted molar refractivity (Wildman–Crippen MR) is 84.7 cm³/mol. The number of benzene rings is 1. The second-order valence-electron chi connectivity index (χ2n) is 5.08. The molecular weight excluding hydrogens is 276 g/mol. The van der Waals surface area contributed by atoms with Crippen molar-refractivity contribution in [1.82, 2.24) is 14.8 Å². The molecule has 2 aromatic heterocycles. The highest BCUT2D eigenvalue weighted by Crippen LogP contribution is 2.09. The van der Waals surface area contributed by atoms with Crippen LogP contribution in [0.1, 0.15) is 21.5 Å². The largest absolute Gasteiger partial charge is 0.306 e. The monoisotopic (exact) mass is 292 g/mol. The van der Waals surface area contributed by atoms with Gasteiger partial charge in [0.25, 0.3) is 5.91 Å². The lowest BCUT2D eigenvalue weighted by atomic mass is 10.2. The van der Waals surface area contributed by atoms with E-state index in [1.165, 1.54) is 0 Å². The zero-order valence-corrected chi connectivity index (χ0v) is 12.2. The maximum Gasteiger partial charge on any atom is 0.260 e. The maximum atomic E-state index is 12.2. The molecule has 0 saturated heterocycles. The second kappa shape index (κ2) is 6.22. The summed E-state index contributed by atoms with van der Waals surface area (Å²) in [4.78, 5) is 16.3. The first-order valence-corrected chi connectivity index (χ1v) is 7.01. The first-order chi connectivity index (χ1) is 10.7. The standard InChI is InChI=1S/C17H16N4O/c1-13-7-8-18-16(9-13)20-17(22)15-10-19-21(12-15)11-14-5-3-2-4-6-14/h2-10,12H,11H2,1H3,(H,18,20,22). The van der Waals surface area contributed by atoms with Crippen LogP contribution >= 0.6 is 0 Å². The molecule has 0 aliphatic carbocycles. The Morgan fingerprint density at radius 1 is 1.23 bits per heavy atom. The quantitative estimate of drug-likeness (QED) is 0.804. The zero-order chi connectivity index (χ0) is 15.4. The van der Waals surface area contributed by atoms with Crippen molar-refractivity contribution in [2.24, 2.45) is 0 Å². The summed E-state index contributed by atoms with van der Waals surface area (Å²) < 4.78 is 1.74. The molecule has 3 aromatic rings. The number of nitrogens with one attached hydrogen (secondary N) is 1. The number of pyridine rings is 1. The lowest BCUT2D eigenvalue weighted by Crippen LogP contribution is -2.12. The van der Waals surface area contributed by atoms with Gasteiger partial charge in [0.2, 0.25) is 0 Å². The SMILES string of the molecule is Cc1ccnc(NC(=O)c2cnn(Cc3ccccc3)c2)c1. The van der Waals surface area contributed by atoms with Crippen molar-refractivity contribution >= 4 is 11.7 Å². The van der Waals surface area contributed by atoms with Gasteiger partial charge in [0.05, 0.1) is 18.3 Å². The third-order valence-electron chi connectivity index (χ3n) is 3.24. The van der Waals surface area contributed by atoms with Crippen molar-refractivity contribution in [3.05, 3.63) is 77.7 Å². The molecule has 0 spiro atoms. The van der Waals surface area contributed by atoms with E-state index in [2.05, 4.69) is 15.4 Å². The Bertz CT molecular complexity index is 780. The molecule has 0 unspecified atom stereocenters. The van der Waals surface area contributed by atoms with Crippen molar-refractivity contribution in [2.75, 3.05) is 5.32 Å². The molecule has 110 valence electrons. The summed E-state index contributed by atoms with van der Waals surface area (Å²) in [6.45, 7) is 2.59. The number of carbonyl (C=O) groups is 1. The summed E-state index contributed by atoms with van der Waals surface area (Å²) in [5, 5.41) is 7.00. The lowest BCUT2D eigenvalue weighted by Gasteiger charge is -2.03. The Hall–Kier alpha value is -2.95. The van der Waals surface area contributed by atoms with Crippen LogP contribution < -0.4 is 5.32 Å². The van der Waals surface area contributed by atoms with Crippen LogP contribution in [-0.4, -0.2) is 20.7 Å². The highest BCUT2D eigenvalue weighted by atomic mass is 16.1. The molecule has 1 N–H and O–H groups in total. The number of anilines is 1. The number of aryl methyl sites for hydroxylation is 1. The minimum atomic E-state index is -0.211. The van der Waals surface area contributed by atoms with E-state index in [0.29, 0.717) is 17.9 Å². The third kappa shape index (κ3) is 3.38. The molecule has 0 aliphatic rings. The van der Waals surface area contributed by atoms with Gasteiger partial charge >= 0.3 is 0 Å². The molecular formula is C17H16N4O. The molecule has 2 heterocycles. The van der Waals surface area contributed by atoms with E-state index in [-0.39, 0.29) is 5.91 Å². The number of hydrogen-bond donors (Lipinski definition) is 1. The van der Waals surface area contributed by atoms with E-state index in [1.54, 1.807) is 23.3 Å².